The highest BCUT2D eigenvalue weighted by Crippen LogP contribution is 2.48. The Bertz CT molecular complexity index is 4240. The van der Waals surface area contributed by atoms with Gasteiger partial charge in [-0.2, -0.15) is 39.5 Å². The Kier molecular flexibility index (Phi) is 36.5. The molecule has 4 aromatic rings. The van der Waals surface area contributed by atoms with Crippen molar-refractivity contribution in [1.29, 1.82) is 0 Å². The van der Waals surface area contributed by atoms with Crippen molar-refractivity contribution in [1.82, 2.24) is 19.6 Å². The van der Waals surface area contributed by atoms with E-state index in [9.17, 15) is 122 Å². The Morgan fingerprint density at radius 3 is 1.03 bits per heavy atom. The third-order valence-electron chi connectivity index (χ3n) is 24.7. The molecule has 4 heterocycles. The van der Waals surface area contributed by atoms with E-state index in [1.165, 1.54) is 12.1 Å². The first-order valence-corrected chi connectivity index (χ1v) is 43.3. The Balaban J connectivity index is 0.000000203. The van der Waals surface area contributed by atoms with Crippen molar-refractivity contribution in [2.24, 2.45) is 65.1 Å². The fourth-order valence-corrected chi connectivity index (χ4v) is 19.4. The fraction of sp³-hybridized carbons (Fsp3) is 0.586. The molecule has 11 rings (SSSR count). The van der Waals surface area contributed by atoms with E-state index in [1.807, 2.05) is 18.2 Å². The van der Waals surface area contributed by atoms with Crippen molar-refractivity contribution < 1.29 is 122 Å². The quantitative estimate of drug-likeness (QED) is 0.0269. The Morgan fingerprint density at radius 1 is 0.377 bits per heavy atom. The van der Waals surface area contributed by atoms with Crippen molar-refractivity contribution in [2.75, 3.05) is 0 Å². The SMILES string of the molecule is CCCC(CCC)CC(=O)N1C(=O)[C@H](CCc2cccc(Cl)c2)[C@H]1C(=O)O.O=C(O)[C@@H]1[C@@H](CCc2cc(Cl)ccc2Cl)C(=O)N1C(=O)C[C@@H](C1CCCCC1)C(F)(F)F.O=C(O)[C@@H]1[C@@H](CCc2cc(Cl)ccc2F)C(=O)N1C(=O)C[C@@H](C1CCCCC1)C(F)(F)F.O=C(O)[C@@H]1[C@@H](CCc2ccccc2Cl)C(=O)N1C(=O)C[C@@H](C1CCCCC1)C(F)(F)F. The summed E-state index contributed by atoms with van der Waals surface area (Å²) in [6, 6.07) is 17.3. The highest BCUT2D eigenvalue weighted by Gasteiger charge is 2.60. The molecule has 7 aliphatic rings. The third kappa shape index (κ3) is 25.9. The predicted octanol–water partition coefficient (Wildman–Crippen LogP) is 19.7. The molecule has 0 spiro atoms. The van der Waals surface area contributed by atoms with Crippen LogP contribution in [0, 0.1) is 70.9 Å². The molecule has 20 nitrogen and oxygen atoms in total. The molecule has 8 amide bonds. The van der Waals surface area contributed by atoms with Gasteiger partial charge in [0.2, 0.25) is 47.3 Å². The van der Waals surface area contributed by atoms with Crippen LogP contribution in [0.5, 0.6) is 0 Å². The van der Waals surface area contributed by atoms with Gasteiger partial charge in [-0.25, -0.2) is 23.6 Å². The summed E-state index contributed by atoms with van der Waals surface area (Å²) in [7, 11) is 0. The van der Waals surface area contributed by atoms with Crippen LogP contribution in [0.3, 0.4) is 0 Å². The number of carboxylic acids is 4. The fourth-order valence-electron chi connectivity index (χ4n) is 18.3. The molecule has 0 unspecified atom stereocenters. The van der Waals surface area contributed by atoms with Crippen LogP contribution in [0.2, 0.25) is 25.1 Å². The Morgan fingerprint density at radius 2 is 0.689 bits per heavy atom. The molecule has 0 bridgehead atoms. The second-order valence-corrected chi connectivity index (χ2v) is 34.8. The molecule has 122 heavy (non-hydrogen) atoms. The number of β-lactam (4-membered cyclic amide) rings is 4. The maximum atomic E-state index is 13.9. The lowest BCUT2D eigenvalue weighted by Crippen LogP contribution is -2.66. The number of halogens is 15. The number of hydrogen-bond donors (Lipinski definition) is 4. The van der Waals surface area contributed by atoms with Crippen molar-refractivity contribution in [3.63, 3.8) is 0 Å². The van der Waals surface area contributed by atoms with Gasteiger partial charge in [-0.05, 0) is 190 Å². The van der Waals surface area contributed by atoms with E-state index in [-0.39, 0.29) is 66.8 Å². The summed E-state index contributed by atoms with van der Waals surface area (Å²) < 4.78 is 137. The third-order valence-corrected chi connectivity index (χ3v) is 26.1. The normalized spacial score (nSPS) is 22.3. The number of imide groups is 4. The van der Waals surface area contributed by atoms with Crippen LogP contribution < -0.4 is 0 Å². The van der Waals surface area contributed by atoms with E-state index in [2.05, 4.69) is 13.8 Å². The lowest BCUT2D eigenvalue weighted by atomic mass is 9.77. The summed E-state index contributed by atoms with van der Waals surface area (Å²) in [4.78, 5) is 150. The molecule has 670 valence electrons. The first-order valence-electron chi connectivity index (χ1n) is 41.4. The van der Waals surface area contributed by atoms with Gasteiger partial charge in [-0.3, -0.25) is 58.0 Å². The van der Waals surface area contributed by atoms with E-state index in [4.69, 9.17) is 58.0 Å². The summed E-state index contributed by atoms with van der Waals surface area (Å²) in [5.74, 6) is -23.5. The number of nitrogens with zero attached hydrogens (tertiary/aromatic N) is 4. The highest BCUT2D eigenvalue weighted by molar-refractivity contribution is 6.34. The Labute approximate surface area is 725 Å². The molecule has 4 N–H and O–H groups in total. The zero-order chi connectivity index (χ0) is 90.0. The van der Waals surface area contributed by atoms with Crippen molar-refractivity contribution in [2.45, 2.75) is 256 Å². The van der Waals surface area contributed by atoms with Crippen LogP contribution in [-0.2, 0) is 83.2 Å². The van der Waals surface area contributed by atoms with Gasteiger partial charge in [0, 0.05) is 50.8 Å². The second kappa shape index (κ2) is 44.8. The van der Waals surface area contributed by atoms with Gasteiger partial charge in [-0.1, -0.05) is 186 Å². The van der Waals surface area contributed by atoms with E-state index < -0.39 is 186 Å². The molecular formula is C87H101Cl5F10N4O16. The smallest absolute Gasteiger partial charge is 0.392 e. The van der Waals surface area contributed by atoms with Gasteiger partial charge >= 0.3 is 42.4 Å². The average molecular weight is 1830 g/mol. The minimum Gasteiger partial charge on any atom is -0.480 e. The van der Waals surface area contributed by atoms with Crippen LogP contribution in [0.25, 0.3) is 0 Å². The number of amides is 8. The van der Waals surface area contributed by atoms with E-state index >= 15 is 0 Å². The maximum absolute atomic E-state index is 13.9. The predicted molar refractivity (Wildman–Crippen MR) is 431 cm³/mol. The molecule has 7 fully saturated rings. The monoisotopic (exact) mass is 1820 g/mol. The van der Waals surface area contributed by atoms with Crippen molar-refractivity contribution >= 4 is 129 Å². The summed E-state index contributed by atoms with van der Waals surface area (Å²) in [5.41, 5.74) is 2.50. The molecule has 3 saturated carbocycles. The van der Waals surface area contributed by atoms with E-state index in [0.29, 0.717) is 137 Å². The molecule has 4 saturated heterocycles. The van der Waals surface area contributed by atoms with Crippen LogP contribution in [0.1, 0.15) is 209 Å². The zero-order valence-electron chi connectivity index (χ0n) is 67.3. The molecule has 3 aliphatic carbocycles. The van der Waals surface area contributed by atoms with Crippen LogP contribution in [0.4, 0.5) is 43.9 Å². The molecule has 4 aliphatic heterocycles. The molecule has 0 radical (unpaired) electrons. The molecule has 35 heteroatoms. The van der Waals surface area contributed by atoms with Gasteiger partial charge in [0.15, 0.2) is 0 Å². The van der Waals surface area contributed by atoms with E-state index in [1.54, 1.807) is 48.5 Å². The first kappa shape index (κ1) is 99.5. The number of carboxylic acid groups (broad SMARTS) is 4. The number of carbonyl (C=O) groups excluding carboxylic acids is 8. The average Bonchev–Trinajstić information content (AvgIpc) is 0.760. The molecular weight excluding hydrogens is 1720 g/mol. The topological polar surface area (TPSA) is 299 Å². The Hall–Kier alpha value is -7.93. The molecule has 4 aromatic carbocycles. The van der Waals surface area contributed by atoms with Crippen molar-refractivity contribution in [3.8, 4) is 0 Å². The summed E-state index contributed by atoms with van der Waals surface area (Å²) in [6.45, 7) is 4.13. The van der Waals surface area contributed by atoms with E-state index in [0.717, 1.165) is 67.0 Å². The zero-order valence-corrected chi connectivity index (χ0v) is 71.1. The number of rotatable bonds is 31. The standard InChI is InChI=1S/C22H24Cl2F3NO4.C22H24ClF4NO4.C22H25ClF3NO4.C21H28ClNO4/c2*23-14-7-9-17(24)13(10-14)6-8-15-19(21(31)32)28(20(15)30)18(29)11-16(22(25,26)27)12-4-2-1-3-5-12;23-17-9-5-4-8-14(17)10-11-15-19(21(30)31)27(20(15)29)18(28)12-16(22(24,25)26)13-6-2-1-3-7-13;1-3-6-14(7-4-2)13-18(24)23-19(21(26)27)17(20(23)25)11-10-15-8-5-9-16(22)12-15/h2*7,9-10,12,15-16,19H,1-6,8,11H2,(H,31,32);4-5,8-9,13,15-16,19H,1-3,6-7,10-12H2,(H,30,31);5,8-9,12,14,17,19H,3-4,6-7,10-11,13H2,1-2H3,(H,26,27)/t3*15-,16+,19+;17-,19+/m1111/s1. The summed E-state index contributed by atoms with van der Waals surface area (Å²) in [6.07, 6.45) is -2.06. The summed E-state index contributed by atoms with van der Waals surface area (Å²) in [5, 5.41) is 40.4. The number of likely N-dealkylation sites (tertiary alicyclic amines) is 4. The van der Waals surface area contributed by atoms with Gasteiger partial charge in [0.1, 0.15) is 30.0 Å². The van der Waals surface area contributed by atoms with Crippen LogP contribution >= 0.6 is 58.0 Å². The van der Waals surface area contributed by atoms with Gasteiger partial charge in [-0.15, -0.1) is 0 Å². The minimum absolute atomic E-state index is 0.00185. The number of benzene rings is 4. The number of alkyl halides is 9. The highest BCUT2D eigenvalue weighted by atomic mass is 35.5. The van der Waals surface area contributed by atoms with Gasteiger partial charge in [0.25, 0.3) is 0 Å². The number of aryl methyl sites for hydroxylation is 4. The lowest BCUT2D eigenvalue weighted by Gasteiger charge is -2.44. The van der Waals surface area contributed by atoms with Crippen LogP contribution in [0.15, 0.2) is 84.9 Å². The molecule has 11 atom stereocenters. The van der Waals surface area contributed by atoms with Crippen molar-refractivity contribution in [3.05, 3.63) is 138 Å². The van der Waals surface area contributed by atoms with Gasteiger partial charge in [0.05, 0.1) is 41.4 Å². The second-order valence-electron chi connectivity index (χ2n) is 32.7. The maximum Gasteiger partial charge on any atom is 0.392 e. The molecule has 0 aromatic heterocycles. The number of carbonyl (C=O) groups is 12. The van der Waals surface area contributed by atoms with Gasteiger partial charge < -0.3 is 20.4 Å². The number of aliphatic carboxylic acids is 4. The largest absolute Gasteiger partial charge is 0.480 e. The minimum atomic E-state index is -4.62. The summed E-state index contributed by atoms with van der Waals surface area (Å²) >= 11 is 29.9. The number of hydrogen-bond acceptors (Lipinski definition) is 12. The lowest BCUT2D eigenvalue weighted by molar-refractivity contribution is -0.200. The first-order chi connectivity index (χ1) is 57.5. The van der Waals surface area contributed by atoms with Crippen LogP contribution in [-0.4, -0.2) is 154 Å².